The first-order valence-corrected chi connectivity index (χ1v) is 6.88. The molecular weight excluding hydrogens is 270 g/mol. The van der Waals surface area contributed by atoms with Crippen LogP contribution in [0.15, 0.2) is 34.7 Å². The summed E-state index contributed by atoms with van der Waals surface area (Å²) in [6.07, 6.45) is 3.18. The average Bonchev–Trinajstić information content (AvgIpc) is 2.32. The maximum atomic E-state index is 11.4. The van der Waals surface area contributed by atoms with Crippen molar-refractivity contribution >= 4 is 21.7 Å². The molecule has 4 N–H and O–H groups in total. The van der Waals surface area contributed by atoms with Gasteiger partial charge in [0.2, 0.25) is 0 Å². The van der Waals surface area contributed by atoms with E-state index < -0.39 is 10.2 Å². The van der Waals surface area contributed by atoms with Crippen molar-refractivity contribution in [2.75, 3.05) is 17.9 Å². The van der Waals surface area contributed by atoms with Gasteiger partial charge < -0.3 is 15.6 Å². The van der Waals surface area contributed by atoms with Crippen molar-refractivity contribution in [2.45, 2.75) is 0 Å². The molecule has 0 unspecified atom stereocenters. The number of nitrogens with zero attached hydrogens (tertiary/aromatic N) is 1. The standard InChI is InChI=1S/C11H13N3O4S/c12-11-10-8(13-19(16,17)14-11)4-3-5-9(10)18-7-2-1-6-15/h1-5,13,15H,6-7H2,(H2,12,14)/b2-1+. The van der Waals surface area contributed by atoms with E-state index in [-0.39, 0.29) is 19.0 Å². The number of nitrogens with one attached hydrogen (secondary N) is 1. The third-order valence-corrected chi connectivity index (χ3v) is 3.26. The molecule has 0 saturated carbocycles. The summed E-state index contributed by atoms with van der Waals surface area (Å²) in [6.45, 7) is 0.163. The van der Waals surface area contributed by atoms with Crippen LogP contribution >= 0.6 is 0 Å². The Hall–Kier alpha value is -2.06. The molecule has 19 heavy (non-hydrogen) atoms. The van der Waals surface area contributed by atoms with Crippen molar-refractivity contribution < 1.29 is 18.3 Å². The molecule has 0 saturated heterocycles. The molecule has 0 radical (unpaired) electrons. The van der Waals surface area contributed by atoms with Gasteiger partial charge in [-0.25, -0.2) is 0 Å². The lowest BCUT2D eigenvalue weighted by Gasteiger charge is -2.18. The smallest absolute Gasteiger partial charge is 0.344 e. The van der Waals surface area contributed by atoms with Crippen molar-refractivity contribution in [2.24, 2.45) is 10.1 Å². The number of ether oxygens (including phenoxy) is 1. The number of aliphatic hydroxyl groups is 1. The van der Waals surface area contributed by atoms with E-state index in [0.29, 0.717) is 17.0 Å². The van der Waals surface area contributed by atoms with E-state index in [9.17, 15) is 8.42 Å². The second kappa shape index (κ2) is 5.29. The summed E-state index contributed by atoms with van der Waals surface area (Å²) in [6, 6.07) is 4.88. The van der Waals surface area contributed by atoms with Gasteiger partial charge in [0.15, 0.2) is 5.84 Å². The van der Waals surface area contributed by atoms with Gasteiger partial charge in [-0.15, -0.1) is 4.40 Å². The summed E-state index contributed by atoms with van der Waals surface area (Å²) in [4.78, 5) is 0. The molecule has 2 rings (SSSR count). The van der Waals surface area contributed by atoms with Crippen molar-refractivity contribution in [1.82, 2.24) is 0 Å². The molecule has 1 aromatic carbocycles. The van der Waals surface area contributed by atoms with Crippen LogP contribution in [0.5, 0.6) is 5.75 Å². The molecule has 1 aliphatic rings. The van der Waals surface area contributed by atoms with Gasteiger partial charge in [-0.1, -0.05) is 12.1 Å². The highest BCUT2D eigenvalue weighted by Crippen LogP contribution is 2.30. The normalized spacial score (nSPS) is 16.6. The minimum absolute atomic E-state index is 0.0698. The zero-order valence-corrected chi connectivity index (χ0v) is 10.7. The van der Waals surface area contributed by atoms with E-state index in [2.05, 4.69) is 9.12 Å². The van der Waals surface area contributed by atoms with E-state index in [1.54, 1.807) is 24.3 Å². The van der Waals surface area contributed by atoms with Crippen LogP contribution < -0.4 is 15.2 Å². The molecule has 0 atom stereocenters. The Morgan fingerprint density at radius 2 is 2.21 bits per heavy atom. The predicted octanol–water partition coefficient (Wildman–Crippen LogP) is -0.0105. The first kappa shape index (κ1) is 13.4. The third kappa shape index (κ3) is 3.04. The number of benzene rings is 1. The van der Waals surface area contributed by atoms with E-state index in [4.69, 9.17) is 15.6 Å². The molecule has 1 aromatic rings. The minimum Gasteiger partial charge on any atom is -0.489 e. The summed E-state index contributed by atoms with van der Waals surface area (Å²) in [7, 11) is -3.78. The zero-order valence-electron chi connectivity index (χ0n) is 9.91. The Morgan fingerprint density at radius 3 is 2.95 bits per heavy atom. The molecule has 0 fully saturated rings. The number of hydrogen-bond acceptors (Lipinski definition) is 5. The number of nitrogens with two attached hydrogens (primary N) is 1. The largest absolute Gasteiger partial charge is 0.489 e. The summed E-state index contributed by atoms with van der Waals surface area (Å²) in [5.74, 6) is 0.305. The van der Waals surface area contributed by atoms with E-state index in [1.165, 1.54) is 6.08 Å². The van der Waals surface area contributed by atoms with Gasteiger partial charge in [0.1, 0.15) is 12.4 Å². The molecule has 0 aliphatic carbocycles. The molecule has 8 heteroatoms. The third-order valence-electron chi connectivity index (χ3n) is 2.35. The van der Waals surface area contributed by atoms with Crippen LogP contribution in [-0.4, -0.2) is 32.6 Å². The van der Waals surface area contributed by atoms with Gasteiger partial charge in [-0.05, 0) is 18.2 Å². The average molecular weight is 283 g/mol. The van der Waals surface area contributed by atoms with Crippen molar-refractivity contribution in [3.05, 3.63) is 35.9 Å². The highest BCUT2D eigenvalue weighted by atomic mass is 32.2. The molecule has 0 amide bonds. The van der Waals surface area contributed by atoms with Gasteiger partial charge in [0.25, 0.3) is 0 Å². The Labute approximate surface area is 110 Å². The zero-order chi connectivity index (χ0) is 13.9. The molecule has 1 heterocycles. The molecule has 0 spiro atoms. The van der Waals surface area contributed by atoms with Crippen LogP contribution in [0.1, 0.15) is 5.56 Å². The lowest BCUT2D eigenvalue weighted by atomic mass is 10.1. The summed E-state index contributed by atoms with van der Waals surface area (Å²) in [5.41, 5.74) is 6.39. The SMILES string of the molecule is NC1=NS(=O)(=O)Nc2cccc(OC/C=C/CO)c21. The van der Waals surface area contributed by atoms with E-state index >= 15 is 0 Å². The quantitative estimate of drug-likeness (QED) is 0.672. The highest BCUT2D eigenvalue weighted by Gasteiger charge is 2.23. The molecular formula is C11H13N3O4S. The van der Waals surface area contributed by atoms with Crippen LogP contribution in [0.3, 0.4) is 0 Å². The molecule has 0 aromatic heterocycles. The highest BCUT2D eigenvalue weighted by molar-refractivity contribution is 7.91. The topological polar surface area (TPSA) is 114 Å². The Balaban J connectivity index is 2.31. The van der Waals surface area contributed by atoms with E-state index in [0.717, 1.165) is 0 Å². The van der Waals surface area contributed by atoms with Gasteiger partial charge >= 0.3 is 10.2 Å². The number of amidine groups is 1. The predicted molar refractivity (Wildman–Crippen MR) is 71.4 cm³/mol. The van der Waals surface area contributed by atoms with Crippen molar-refractivity contribution in [1.29, 1.82) is 0 Å². The summed E-state index contributed by atoms with van der Waals surface area (Å²) < 4.78 is 33.9. The van der Waals surface area contributed by atoms with Gasteiger partial charge in [0.05, 0.1) is 17.9 Å². The monoisotopic (exact) mass is 283 g/mol. The second-order valence-electron chi connectivity index (χ2n) is 3.70. The summed E-state index contributed by atoms with van der Waals surface area (Å²) >= 11 is 0. The Morgan fingerprint density at radius 1 is 1.42 bits per heavy atom. The number of aliphatic hydroxyl groups excluding tert-OH is 1. The lowest BCUT2D eigenvalue weighted by molar-refractivity contribution is 0.336. The lowest BCUT2D eigenvalue weighted by Crippen LogP contribution is -2.27. The maximum absolute atomic E-state index is 11.4. The van der Waals surface area contributed by atoms with Crippen LogP contribution in [0.2, 0.25) is 0 Å². The second-order valence-corrected chi connectivity index (χ2v) is 5.03. The Kier molecular flexibility index (Phi) is 3.72. The molecule has 0 bridgehead atoms. The molecule has 102 valence electrons. The molecule has 1 aliphatic heterocycles. The first-order valence-electron chi connectivity index (χ1n) is 5.44. The van der Waals surface area contributed by atoms with Crippen LogP contribution in [0, 0.1) is 0 Å². The fourth-order valence-electron chi connectivity index (χ4n) is 1.62. The number of fused-ring (bicyclic) bond motifs is 1. The summed E-state index contributed by atoms with van der Waals surface area (Å²) in [5, 5.41) is 8.60. The van der Waals surface area contributed by atoms with Crippen molar-refractivity contribution in [3.8, 4) is 5.75 Å². The van der Waals surface area contributed by atoms with Crippen LogP contribution in [0.25, 0.3) is 0 Å². The van der Waals surface area contributed by atoms with Gasteiger partial charge in [-0.3, -0.25) is 4.72 Å². The molecule has 7 nitrogen and oxygen atoms in total. The first-order chi connectivity index (χ1) is 9.03. The van der Waals surface area contributed by atoms with E-state index in [1.807, 2.05) is 0 Å². The van der Waals surface area contributed by atoms with Gasteiger partial charge in [0, 0.05) is 0 Å². The number of anilines is 1. The Bertz CT molecular complexity index is 637. The number of rotatable bonds is 4. The maximum Gasteiger partial charge on any atom is 0.344 e. The number of hydrogen-bond donors (Lipinski definition) is 3. The van der Waals surface area contributed by atoms with Gasteiger partial charge in [-0.2, -0.15) is 8.42 Å². The minimum atomic E-state index is -3.78. The fourth-order valence-corrected chi connectivity index (χ4v) is 2.46. The fraction of sp³-hybridized carbons (Fsp3) is 0.182. The van der Waals surface area contributed by atoms with Crippen LogP contribution in [0.4, 0.5) is 5.69 Å². The van der Waals surface area contributed by atoms with Crippen LogP contribution in [-0.2, 0) is 10.2 Å². The van der Waals surface area contributed by atoms with Crippen molar-refractivity contribution in [3.63, 3.8) is 0 Å².